The lowest BCUT2D eigenvalue weighted by atomic mass is 9.91. The lowest BCUT2D eigenvalue weighted by molar-refractivity contribution is -0.140. The van der Waals surface area contributed by atoms with Crippen LogP contribution in [0.4, 0.5) is 0 Å². The SMILES string of the molecule is CC(C=O)CCC1=C[C@H]2OC(=O)C[C@@H]2CC[C@@H]1C. The predicted molar refractivity (Wildman–Crippen MR) is 68.9 cm³/mol. The van der Waals surface area contributed by atoms with Gasteiger partial charge in [0.15, 0.2) is 0 Å². The first-order chi connectivity index (χ1) is 8.60. The molecule has 0 saturated carbocycles. The molecule has 1 aliphatic heterocycles. The number of ether oxygens (including phenoxy) is 1. The molecule has 2 rings (SSSR count). The van der Waals surface area contributed by atoms with E-state index in [-0.39, 0.29) is 18.0 Å². The van der Waals surface area contributed by atoms with Gasteiger partial charge in [-0.3, -0.25) is 4.79 Å². The molecule has 18 heavy (non-hydrogen) atoms. The summed E-state index contributed by atoms with van der Waals surface area (Å²) in [6.07, 6.45) is 7.77. The van der Waals surface area contributed by atoms with Gasteiger partial charge in [0, 0.05) is 11.8 Å². The van der Waals surface area contributed by atoms with Gasteiger partial charge in [0.25, 0.3) is 0 Å². The quantitative estimate of drug-likeness (QED) is 0.438. The highest BCUT2D eigenvalue weighted by Gasteiger charge is 2.35. The Hall–Kier alpha value is -1.12. The molecule has 3 heteroatoms. The zero-order valence-corrected chi connectivity index (χ0v) is 11.2. The summed E-state index contributed by atoms with van der Waals surface area (Å²) in [4.78, 5) is 22.0. The fourth-order valence-corrected chi connectivity index (χ4v) is 2.88. The lowest BCUT2D eigenvalue weighted by Gasteiger charge is -2.15. The summed E-state index contributed by atoms with van der Waals surface area (Å²) in [5.41, 5.74) is 1.37. The Kier molecular flexibility index (Phi) is 4.20. The van der Waals surface area contributed by atoms with Crippen molar-refractivity contribution in [2.45, 2.75) is 52.1 Å². The monoisotopic (exact) mass is 250 g/mol. The zero-order chi connectivity index (χ0) is 13.1. The number of aldehydes is 1. The second-order valence-corrected chi connectivity index (χ2v) is 5.79. The van der Waals surface area contributed by atoms with E-state index in [9.17, 15) is 9.59 Å². The van der Waals surface area contributed by atoms with Crippen LogP contribution in [0.15, 0.2) is 11.6 Å². The van der Waals surface area contributed by atoms with Crippen LogP contribution in [0.3, 0.4) is 0 Å². The maximum absolute atomic E-state index is 11.3. The average Bonchev–Trinajstić information content (AvgIpc) is 2.64. The zero-order valence-electron chi connectivity index (χ0n) is 11.2. The van der Waals surface area contributed by atoms with Crippen LogP contribution in [0, 0.1) is 17.8 Å². The molecule has 3 nitrogen and oxygen atoms in total. The Balaban J connectivity index is 2.03. The Morgan fingerprint density at radius 3 is 3.00 bits per heavy atom. The Labute approximate surface area is 109 Å². The van der Waals surface area contributed by atoms with Crippen molar-refractivity contribution >= 4 is 12.3 Å². The normalized spacial score (nSPS) is 33.1. The van der Waals surface area contributed by atoms with Gasteiger partial charge in [-0.25, -0.2) is 0 Å². The fraction of sp³-hybridized carbons (Fsp3) is 0.733. The van der Waals surface area contributed by atoms with E-state index in [2.05, 4.69) is 13.0 Å². The van der Waals surface area contributed by atoms with E-state index >= 15 is 0 Å². The molecule has 1 heterocycles. The van der Waals surface area contributed by atoms with Crippen molar-refractivity contribution in [3.8, 4) is 0 Å². The van der Waals surface area contributed by atoms with Crippen LogP contribution >= 0.6 is 0 Å². The first-order valence-electron chi connectivity index (χ1n) is 6.95. The number of hydrogen-bond donors (Lipinski definition) is 0. The number of fused-ring (bicyclic) bond motifs is 1. The Morgan fingerprint density at radius 1 is 1.50 bits per heavy atom. The van der Waals surface area contributed by atoms with Crippen LogP contribution < -0.4 is 0 Å². The standard InChI is InChI=1S/C15H22O3/c1-10(9-16)3-5-12-7-14-13(6-4-11(12)2)8-15(17)18-14/h7,9-11,13-14H,3-6,8H2,1-2H3/t10?,11-,13-,14+/m0/s1. The Bertz CT molecular complexity index is 359. The van der Waals surface area contributed by atoms with Crippen molar-refractivity contribution in [3.05, 3.63) is 11.6 Å². The summed E-state index contributed by atoms with van der Waals surface area (Å²) in [6.45, 7) is 4.19. The van der Waals surface area contributed by atoms with Crippen LogP contribution in [0.1, 0.15) is 46.0 Å². The van der Waals surface area contributed by atoms with Crippen molar-refractivity contribution in [3.63, 3.8) is 0 Å². The molecule has 1 fully saturated rings. The fourth-order valence-electron chi connectivity index (χ4n) is 2.88. The molecule has 2 aliphatic rings. The second-order valence-electron chi connectivity index (χ2n) is 5.79. The number of rotatable bonds is 4. The van der Waals surface area contributed by atoms with Gasteiger partial charge >= 0.3 is 5.97 Å². The molecule has 0 radical (unpaired) electrons. The molecule has 4 atom stereocenters. The van der Waals surface area contributed by atoms with E-state index in [0.717, 1.165) is 32.0 Å². The number of allylic oxidation sites excluding steroid dienone is 1. The number of esters is 1. The second kappa shape index (κ2) is 5.68. The highest BCUT2D eigenvalue weighted by molar-refractivity contribution is 5.72. The van der Waals surface area contributed by atoms with E-state index in [4.69, 9.17) is 4.74 Å². The molecule has 0 bridgehead atoms. The summed E-state index contributed by atoms with van der Waals surface area (Å²) in [5.74, 6) is 0.980. The van der Waals surface area contributed by atoms with Crippen molar-refractivity contribution < 1.29 is 14.3 Å². The molecular weight excluding hydrogens is 228 g/mol. The van der Waals surface area contributed by atoms with Gasteiger partial charge in [0.1, 0.15) is 12.4 Å². The molecule has 0 spiro atoms. The van der Waals surface area contributed by atoms with E-state index in [1.54, 1.807) is 0 Å². The number of hydrogen-bond acceptors (Lipinski definition) is 3. The summed E-state index contributed by atoms with van der Waals surface area (Å²) >= 11 is 0. The Morgan fingerprint density at radius 2 is 2.28 bits per heavy atom. The maximum Gasteiger partial charge on any atom is 0.306 e. The van der Waals surface area contributed by atoms with Crippen molar-refractivity contribution in [2.75, 3.05) is 0 Å². The van der Waals surface area contributed by atoms with E-state index in [1.807, 2.05) is 6.92 Å². The first kappa shape index (κ1) is 13.3. The molecule has 0 aromatic heterocycles. The summed E-state index contributed by atoms with van der Waals surface area (Å²) in [7, 11) is 0. The minimum absolute atomic E-state index is 0.0102. The third-order valence-electron chi connectivity index (χ3n) is 4.26. The number of carbonyl (C=O) groups is 2. The third kappa shape index (κ3) is 3.01. The molecule has 0 amide bonds. The van der Waals surface area contributed by atoms with E-state index in [0.29, 0.717) is 18.3 Å². The summed E-state index contributed by atoms with van der Waals surface area (Å²) in [5, 5.41) is 0. The van der Waals surface area contributed by atoms with Crippen molar-refractivity contribution in [1.29, 1.82) is 0 Å². The van der Waals surface area contributed by atoms with E-state index < -0.39 is 0 Å². The van der Waals surface area contributed by atoms with Crippen LogP contribution in [-0.2, 0) is 14.3 Å². The van der Waals surface area contributed by atoms with Crippen LogP contribution in [0.2, 0.25) is 0 Å². The molecule has 1 aliphatic carbocycles. The van der Waals surface area contributed by atoms with Gasteiger partial charge in [-0.2, -0.15) is 0 Å². The predicted octanol–water partition coefficient (Wildman–Crippen LogP) is 2.89. The van der Waals surface area contributed by atoms with Gasteiger partial charge < -0.3 is 9.53 Å². The maximum atomic E-state index is 11.3. The third-order valence-corrected chi connectivity index (χ3v) is 4.26. The lowest BCUT2D eigenvalue weighted by Crippen LogP contribution is -2.11. The highest BCUT2D eigenvalue weighted by atomic mass is 16.5. The van der Waals surface area contributed by atoms with Gasteiger partial charge in [-0.15, -0.1) is 0 Å². The number of carbonyl (C=O) groups excluding carboxylic acids is 2. The highest BCUT2D eigenvalue weighted by Crippen LogP contribution is 2.36. The van der Waals surface area contributed by atoms with Crippen LogP contribution in [0.25, 0.3) is 0 Å². The molecule has 100 valence electrons. The molecule has 0 aromatic carbocycles. The minimum atomic E-state index is -0.0589. The largest absolute Gasteiger partial charge is 0.458 e. The van der Waals surface area contributed by atoms with Gasteiger partial charge in [0.2, 0.25) is 0 Å². The molecule has 1 saturated heterocycles. The van der Waals surface area contributed by atoms with Gasteiger partial charge in [-0.05, 0) is 37.7 Å². The molecular formula is C15H22O3. The molecule has 1 unspecified atom stereocenters. The topological polar surface area (TPSA) is 43.4 Å². The summed E-state index contributed by atoms with van der Waals surface area (Å²) < 4.78 is 5.37. The van der Waals surface area contributed by atoms with Crippen LogP contribution in [0.5, 0.6) is 0 Å². The smallest absolute Gasteiger partial charge is 0.306 e. The molecule has 0 N–H and O–H groups in total. The van der Waals surface area contributed by atoms with Gasteiger partial charge in [0.05, 0.1) is 6.42 Å². The van der Waals surface area contributed by atoms with Crippen molar-refractivity contribution in [2.24, 2.45) is 17.8 Å². The van der Waals surface area contributed by atoms with Gasteiger partial charge in [-0.1, -0.05) is 19.4 Å². The van der Waals surface area contributed by atoms with Crippen LogP contribution in [-0.4, -0.2) is 18.4 Å². The van der Waals surface area contributed by atoms with Crippen molar-refractivity contribution in [1.82, 2.24) is 0 Å². The first-order valence-corrected chi connectivity index (χ1v) is 6.95. The average molecular weight is 250 g/mol. The molecule has 0 aromatic rings. The minimum Gasteiger partial charge on any atom is -0.458 e. The van der Waals surface area contributed by atoms with E-state index in [1.165, 1.54) is 5.57 Å². The summed E-state index contributed by atoms with van der Waals surface area (Å²) in [6, 6.07) is 0.